The number of nitrogens with zero attached hydrogens (tertiary/aromatic N) is 2. The zero-order valence-electron chi connectivity index (χ0n) is 10.4. The van der Waals surface area contributed by atoms with Crippen molar-refractivity contribution in [1.82, 2.24) is 10.1 Å². The number of hydrogen-bond donors (Lipinski definition) is 1. The highest BCUT2D eigenvalue weighted by molar-refractivity contribution is 5.45. The Bertz CT molecular complexity index is 474. The van der Waals surface area contributed by atoms with Crippen LogP contribution in [-0.2, 0) is 6.54 Å². The first-order chi connectivity index (χ1) is 8.15. The first-order valence-electron chi connectivity index (χ1n) is 5.78. The lowest BCUT2D eigenvalue weighted by Crippen LogP contribution is -2.00. The van der Waals surface area contributed by atoms with Crippen molar-refractivity contribution in [2.45, 2.75) is 33.2 Å². The van der Waals surface area contributed by atoms with Crippen LogP contribution in [0.3, 0.4) is 0 Å². The van der Waals surface area contributed by atoms with Crippen LogP contribution in [0.15, 0.2) is 28.8 Å². The molecule has 0 atom stereocenters. The second-order valence-corrected chi connectivity index (χ2v) is 4.37. The van der Waals surface area contributed by atoms with Gasteiger partial charge in [-0.15, -0.1) is 0 Å². The first-order valence-corrected chi connectivity index (χ1v) is 5.78. The molecule has 17 heavy (non-hydrogen) atoms. The third kappa shape index (κ3) is 3.06. The molecular weight excluding hydrogens is 214 g/mol. The predicted octanol–water partition coefficient (Wildman–Crippen LogP) is 3.11. The van der Waals surface area contributed by atoms with Gasteiger partial charge in [0.05, 0.1) is 6.54 Å². The zero-order chi connectivity index (χ0) is 12.3. The molecule has 0 aliphatic carbocycles. The highest BCUT2D eigenvalue weighted by atomic mass is 16.5. The lowest BCUT2D eigenvalue weighted by Gasteiger charge is -2.07. The van der Waals surface area contributed by atoms with Crippen LogP contribution in [0.5, 0.6) is 0 Å². The van der Waals surface area contributed by atoms with Crippen molar-refractivity contribution < 1.29 is 4.52 Å². The minimum Gasteiger partial charge on any atom is -0.376 e. The van der Waals surface area contributed by atoms with Gasteiger partial charge < -0.3 is 9.84 Å². The van der Waals surface area contributed by atoms with Crippen molar-refractivity contribution in [1.29, 1.82) is 0 Å². The van der Waals surface area contributed by atoms with E-state index < -0.39 is 0 Å². The van der Waals surface area contributed by atoms with E-state index in [1.165, 1.54) is 5.56 Å². The molecule has 2 aromatic rings. The van der Waals surface area contributed by atoms with E-state index >= 15 is 0 Å². The van der Waals surface area contributed by atoms with E-state index in [1.54, 1.807) is 0 Å². The summed E-state index contributed by atoms with van der Waals surface area (Å²) in [7, 11) is 0. The van der Waals surface area contributed by atoms with Gasteiger partial charge in [-0.3, -0.25) is 0 Å². The summed E-state index contributed by atoms with van der Waals surface area (Å²) in [6.45, 7) is 6.74. The number of nitrogens with one attached hydrogen (secondary N) is 1. The molecule has 4 heteroatoms. The topological polar surface area (TPSA) is 51.0 Å². The maximum absolute atomic E-state index is 5.02. The van der Waals surface area contributed by atoms with Gasteiger partial charge in [0.2, 0.25) is 5.89 Å². The molecule has 0 unspecified atom stereocenters. The van der Waals surface area contributed by atoms with Gasteiger partial charge in [0, 0.05) is 5.69 Å². The van der Waals surface area contributed by atoms with Crippen molar-refractivity contribution in [2.75, 3.05) is 5.32 Å². The molecule has 1 aromatic heterocycles. The molecule has 0 saturated heterocycles. The Hall–Kier alpha value is -1.84. The van der Waals surface area contributed by atoms with Gasteiger partial charge in [-0.1, -0.05) is 31.1 Å². The van der Waals surface area contributed by atoms with Crippen LogP contribution in [0, 0.1) is 6.92 Å². The lowest BCUT2D eigenvalue weighted by molar-refractivity contribution is 0.379. The van der Waals surface area contributed by atoms with Crippen molar-refractivity contribution in [3.05, 3.63) is 41.5 Å². The first kappa shape index (κ1) is 11.6. The van der Waals surface area contributed by atoms with E-state index in [-0.39, 0.29) is 0 Å². The third-order valence-electron chi connectivity index (χ3n) is 2.59. The molecular formula is C13H17N3O. The number of rotatable bonds is 4. The standard InChI is InChI=1S/C13H17N3O/c1-9(2)11-4-6-12(7-5-11)14-8-13-15-10(3)16-17-13/h4-7,9,14H,8H2,1-3H3. The van der Waals surface area contributed by atoms with Crippen molar-refractivity contribution in [2.24, 2.45) is 0 Å². The highest BCUT2D eigenvalue weighted by Crippen LogP contribution is 2.17. The number of anilines is 1. The van der Waals surface area contributed by atoms with Crippen molar-refractivity contribution in [3.63, 3.8) is 0 Å². The zero-order valence-corrected chi connectivity index (χ0v) is 10.4. The minimum absolute atomic E-state index is 0.557. The Morgan fingerprint density at radius 3 is 2.47 bits per heavy atom. The summed E-state index contributed by atoms with van der Waals surface area (Å²) >= 11 is 0. The largest absolute Gasteiger partial charge is 0.376 e. The Balaban J connectivity index is 1.95. The van der Waals surface area contributed by atoms with E-state index in [0.29, 0.717) is 24.2 Å². The molecule has 0 spiro atoms. The summed E-state index contributed by atoms with van der Waals surface area (Å²) in [5.74, 6) is 1.83. The van der Waals surface area contributed by atoms with Crippen LogP contribution in [-0.4, -0.2) is 10.1 Å². The molecule has 90 valence electrons. The molecule has 0 fully saturated rings. The number of benzene rings is 1. The van der Waals surface area contributed by atoms with Crippen LogP contribution >= 0.6 is 0 Å². The lowest BCUT2D eigenvalue weighted by atomic mass is 10.0. The summed E-state index contributed by atoms with van der Waals surface area (Å²) in [6, 6.07) is 8.40. The molecule has 2 rings (SSSR count). The molecule has 0 amide bonds. The SMILES string of the molecule is Cc1noc(CNc2ccc(C(C)C)cc2)n1. The van der Waals surface area contributed by atoms with E-state index in [0.717, 1.165) is 5.69 Å². The molecule has 0 aliphatic heterocycles. The van der Waals surface area contributed by atoms with Crippen LogP contribution in [0.4, 0.5) is 5.69 Å². The third-order valence-corrected chi connectivity index (χ3v) is 2.59. The summed E-state index contributed by atoms with van der Waals surface area (Å²) in [4.78, 5) is 4.13. The van der Waals surface area contributed by atoms with Gasteiger partial charge in [-0.25, -0.2) is 0 Å². The molecule has 4 nitrogen and oxygen atoms in total. The van der Waals surface area contributed by atoms with Gasteiger partial charge in [-0.05, 0) is 30.5 Å². The molecule has 1 N–H and O–H groups in total. The maximum Gasteiger partial charge on any atom is 0.245 e. The molecule has 0 saturated carbocycles. The number of hydrogen-bond acceptors (Lipinski definition) is 4. The average molecular weight is 231 g/mol. The molecule has 1 heterocycles. The van der Waals surface area contributed by atoms with Crippen molar-refractivity contribution in [3.8, 4) is 0 Å². The molecule has 0 radical (unpaired) electrons. The van der Waals surface area contributed by atoms with Crippen LogP contribution in [0.25, 0.3) is 0 Å². The summed E-state index contributed by atoms with van der Waals surface area (Å²) in [6.07, 6.45) is 0. The summed E-state index contributed by atoms with van der Waals surface area (Å²) < 4.78 is 5.02. The smallest absolute Gasteiger partial charge is 0.245 e. The fourth-order valence-corrected chi connectivity index (χ4v) is 1.58. The van der Waals surface area contributed by atoms with Crippen molar-refractivity contribution >= 4 is 5.69 Å². The van der Waals surface area contributed by atoms with Crippen LogP contribution in [0.2, 0.25) is 0 Å². The Labute approximate surface area is 101 Å². The summed E-state index contributed by atoms with van der Waals surface area (Å²) in [5, 5.41) is 6.98. The van der Waals surface area contributed by atoms with Gasteiger partial charge in [0.15, 0.2) is 5.82 Å². The maximum atomic E-state index is 5.02. The molecule has 0 aliphatic rings. The second-order valence-electron chi connectivity index (χ2n) is 4.37. The number of aryl methyl sites for hydroxylation is 1. The van der Waals surface area contributed by atoms with Gasteiger partial charge >= 0.3 is 0 Å². The minimum atomic E-state index is 0.557. The Kier molecular flexibility index (Phi) is 3.42. The second kappa shape index (κ2) is 4.99. The Morgan fingerprint density at radius 1 is 1.24 bits per heavy atom. The predicted molar refractivity (Wildman–Crippen MR) is 66.9 cm³/mol. The van der Waals surface area contributed by atoms with E-state index in [9.17, 15) is 0 Å². The Morgan fingerprint density at radius 2 is 1.94 bits per heavy atom. The normalized spacial score (nSPS) is 10.8. The van der Waals surface area contributed by atoms with Gasteiger partial charge in [0.1, 0.15) is 0 Å². The van der Waals surface area contributed by atoms with Gasteiger partial charge in [0.25, 0.3) is 0 Å². The molecule has 1 aromatic carbocycles. The monoisotopic (exact) mass is 231 g/mol. The number of aromatic nitrogens is 2. The fourth-order valence-electron chi connectivity index (χ4n) is 1.58. The average Bonchev–Trinajstić information content (AvgIpc) is 2.73. The molecule has 0 bridgehead atoms. The van der Waals surface area contributed by atoms with Crippen LogP contribution in [0.1, 0.15) is 37.0 Å². The quantitative estimate of drug-likeness (QED) is 0.878. The van der Waals surface area contributed by atoms with Crippen LogP contribution < -0.4 is 5.32 Å². The van der Waals surface area contributed by atoms with E-state index in [2.05, 4.69) is 53.6 Å². The summed E-state index contributed by atoms with van der Waals surface area (Å²) in [5.41, 5.74) is 2.40. The van der Waals surface area contributed by atoms with E-state index in [4.69, 9.17) is 4.52 Å². The van der Waals surface area contributed by atoms with Gasteiger partial charge in [-0.2, -0.15) is 4.98 Å². The fraction of sp³-hybridized carbons (Fsp3) is 0.385. The van der Waals surface area contributed by atoms with E-state index in [1.807, 2.05) is 6.92 Å². The highest BCUT2D eigenvalue weighted by Gasteiger charge is 2.02.